The molecule has 1 atom stereocenters. The zero-order valence-corrected chi connectivity index (χ0v) is 14.0. The molecule has 0 saturated carbocycles. The minimum atomic E-state index is -1.12. The number of hydrogen-bond donors (Lipinski definition) is 2. The summed E-state index contributed by atoms with van der Waals surface area (Å²) < 4.78 is 10.5. The molecule has 2 aromatic rings. The van der Waals surface area contributed by atoms with Crippen molar-refractivity contribution in [2.75, 3.05) is 20.3 Å². The average molecular weight is 343 g/mol. The normalized spacial score (nSPS) is 11.6. The lowest BCUT2D eigenvalue weighted by molar-refractivity contribution is -0.139. The van der Waals surface area contributed by atoms with E-state index >= 15 is 0 Å². The Morgan fingerprint density at radius 3 is 2.52 bits per heavy atom. The van der Waals surface area contributed by atoms with E-state index in [1.165, 1.54) is 0 Å². The van der Waals surface area contributed by atoms with Crippen molar-refractivity contribution in [1.82, 2.24) is 5.32 Å². The number of carbonyl (C=O) groups excluding carboxylic acids is 1. The first-order chi connectivity index (χ1) is 12.1. The van der Waals surface area contributed by atoms with Crippen molar-refractivity contribution in [2.45, 2.75) is 12.5 Å². The maximum atomic E-state index is 12.4. The van der Waals surface area contributed by atoms with Crippen LogP contribution < -0.4 is 10.1 Å². The fourth-order valence-corrected chi connectivity index (χ4v) is 2.27. The molecule has 0 saturated heterocycles. The second-order valence-electron chi connectivity index (χ2n) is 5.38. The molecule has 2 N–H and O–H groups in total. The third kappa shape index (κ3) is 5.61. The smallest absolute Gasteiger partial charge is 0.330 e. The highest BCUT2D eigenvalue weighted by Gasteiger charge is 2.22. The van der Waals surface area contributed by atoms with E-state index in [2.05, 4.69) is 5.32 Å². The van der Waals surface area contributed by atoms with Crippen molar-refractivity contribution in [2.24, 2.45) is 0 Å². The lowest BCUT2D eigenvalue weighted by atomic mass is 10.1. The maximum Gasteiger partial charge on any atom is 0.330 e. The summed E-state index contributed by atoms with van der Waals surface area (Å²) in [6.45, 7) is 1.07. The molecule has 0 aromatic heterocycles. The van der Waals surface area contributed by atoms with Crippen LogP contribution in [0.1, 0.15) is 28.4 Å². The van der Waals surface area contributed by atoms with Crippen molar-refractivity contribution >= 4 is 11.9 Å². The summed E-state index contributed by atoms with van der Waals surface area (Å²) in [5.41, 5.74) is 0.849. The summed E-state index contributed by atoms with van der Waals surface area (Å²) in [6, 6.07) is 14.1. The van der Waals surface area contributed by atoms with E-state index in [0.29, 0.717) is 30.1 Å². The molecule has 0 radical (unpaired) electrons. The van der Waals surface area contributed by atoms with E-state index in [0.717, 1.165) is 6.42 Å². The summed E-state index contributed by atoms with van der Waals surface area (Å²) >= 11 is 0. The van der Waals surface area contributed by atoms with Crippen LogP contribution >= 0.6 is 0 Å². The van der Waals surface area contributed by atoms with Crippen LogP contribution in [0.2, 0.25) is 0 Å². The van der Waals surface area contributed by atoms with Crippen molar-refractivity contribution in [3.05, 3.63) is 65.7 Å². The van der Waals surface area contributed by atoms with Gasteiger partial charge in [-0.1, -0.05) is 36.4 Å². The Morgan fingerprint density at radius 1 is 1.08 bits per heavy atom. The number of amides is 1. The van der Waals surface area contributed by atoms with E-state index in [1.54, 1.807) is 61.7 Å². The Bertz CT molecular complexity index is 702. The van der Waals surface area contributed by atoms with Crippen LogP contribution in [0.4, 0.5) is 0 Å². The number of ether oxygens (including phenoxy) is 2. The molecule has 132 valence electrons. The van der Waals surface area contributed by atoms with E-state index in [9.17, 15) is 14.7 Å². The molecule has 2 rings (SSSR count). The van der Waals surface area contributed by atoms with Gasteiger partial charge in [0.05, 0.1) is 6.61 Å². The Labute approximate surface area is 146 Å². The van der Waals surface area contributed by atoms with Gasteiger partial charge in [0.1, 0.15) is 5.75 Å². The number of hydrogen-bond acceptors (Lipinski definition) is 4. The molecule has 6 heteroatoms. The van der Waals surface area contributed by atoms with Crippen molar-refractivity contribution < 1.29 is 24.2 Å². The standard InChI is InChI=1S/C19H21NO5/c1-24-11-6-12-25-16-10-5-9-15(13-16)18(21)20-17(19(22)23)14-7-3-2-4-8-14/h2-5,7-10,13,17H,6,11-12H2,1H3,(H,20,21)(H,22,23)/t17-/m1/s1. The van der Waals surface area contributed by atoms with Gasteiger partial charge in [-0.3, -0.25) is 4.79 Å². The van der Waals surface area contributed by atoms with Crippen LogP contribution in [-0.2, 0) is 9.53 Å². The van der Waals surface area contributed by atoms with E-state index in [-0.39, 0.29) is 0 Å². The highest BCUT2D eigenvalue weighted by atomic mass is 16.5. The molecule has 0 aliphatic rings. The first-order valence-corrected chi connectivity index (χ1v) is 7.92. The topological polar surface area (TPSA) is 84.9 Å². The van der Waals surface area contributed by atoms with Gasteiger partial charge in [-0.25, -0.2) is 4.79 Å². The van der Waals surface area contributed by atoms with E-state index in [1.807, 2.05) is 0 Å². The second-order valence-corrected chi connectivity index (χ2v) is 5.38. The molecule has 6 nitrogen and oxygen atoms in total. The van der Waals surface area contributed by atoms with Gasteiger partial charge < -0.3 is 19.9 Å². The van der Waals surface area contributed by atoms with Crippen LogP contribution in [0.25, 0.3) is 0 Å². The van der Waals surface area contributed by atoms with Crippen LogP contribution in [-0.4, -0.2) is 37.3 Å². The molecule has 0 heterocycles. The largest absolute Gasteiger partial charge is 0.493 e. The Morgan fingerprint density at radius 2 is 1.84 bits per heavy atom. The third-order valence-electron chi connectivity index (χ3n) is 3.51. The third-order valence-corrected chi connectivity index (χ3v) is 3.51. The van der Waals surface area contributed by atoms with Gasteiger partial charge in [0.15, 0.2) is 6.04 Å². The molecule has 0 fully saturated rings. The van der Waals surface area contributed by atoms with Gasteiger partial charge in [-0.05, 0) is 23.8 Å². The lowest BCUT2D eigenvalue weighted by Gasteiger charge is -2.15. The fraction of sp³-hybridized carbons (Fsp3) is 0.263. The predicted molar refractivity (Wildman–Crippen MR) is 92.7 cm³/mol. The van der Waals surface area contributed by atoms with Crippen molar-refractivity contribution in [1.29, 1.82) is 0 Å². The van der Waals surface area contributed by atoms with Crippen LogP contribution in [0, 0.1) is 0 Å². The van der Waals surface area contributed by atoms with Gasteiger partial charge in [0.25, 0.3) is 5.91 Å². The molecule has 0 spiro atoms. The first kappa shape index (κ1) is 18.5. The maximum absolute atomic E-state index is 12.4. The van der Waals surface area contributed by atoms with E-state index < -0.39 is 17.9 Å². The molecule has 25 heavy (non-hydrogen) atoms. The SMILES string of the molecule is COCCCOc1cccc(C(=O)N[C@@H](C(=O)O)c2ccccc2)c1. The number of benzene rings is 2. The number of rotatable bonds is 9. The summed E-state index contributed by atoms with van der Waals surface area (Å²) in [7, 11) is 1.62. The minimum Gasteiger partial charge on any atom is -0.493 e. The number of carboxylic acid groups (broad SMARTS) is 1. The number of carbonyl (C=O) groups is 2. The van der Waals surface area contributed by atoms with Gasteiger partial charge in [-0.15, -0.1) is 0 Å². The van der Waals surface area contributed by atoms with Crippen molar-refractivity contribution in [3.8, 4) is 5.75 Å². The molecule has 0 aliphatic carbocycles. The average Bonchev–Trinajstić information content (AvgIpc) is 2.64. The highest BCUT2D eigenvalue weighted by Crippen LogP contribution is 2.17. The van der Waals surface area contributed by atoms with E-state index in [4.69, 9.17) is 9.47 Å². The fourth-order valence-electron chi connectivity index (χ4n) is 2.27. The predicted octanol–water partition coefficient (Wildman–Crippen LogP) is 2.66. The zero-order chi connectivity index (χ0) is 18.1. The molecule has 1 amide bonds. The molecule has 0 bridgehead atoms. The number of methoxy groups -OCH3 is 1. The van der Waals surface area contributed by atoms with Gasteiger partial charge in [0, 0.05) is 25.7 Å². The number of aliphatic carboxylic acids is 1. The second kappa shape index (κ2) is 9.44. The molecule has 0 unspecified atom stereocenters. The van der Waals surface area contributed by atoms with Crippen LogP contribution in [0.5, 0.6) is 5.75 Å². The van der Waals surface area contributed by atoms with Gasteiger partial charge in [0.2, 0.25) is 0 Å². The molecule has 0 aliphatic heterocycles. The number of carboxylic acids is 1. The summed E-state index contributed by atoms with van der Waals surface area (Å²) in [4.78, 5) is 23.9. The van der Waals surface area contributed by atoms with Gasteiger partial charge >= 0.3 is 5.97 Å². The quantitative estimate of drug-likeness (QED) is 0.684. The monoisotopic (exact) mass is 343 g/mol. The van der Waals surface area contributed by atoms with Gasteiger partial charge in [-0.2, -0.15) is 0 Å². The zero-order valence-electron chi connectivity index (χ0n) is 14.0. The highest BCUT2D eigenvalue weighted by molar-refractivity contribution is 5.97. The Balaban J connectivity index is 2.05. The van der Waals surface area contributed by atoms with Crippen LogP contribution in [0.15, 0.2) is 54.6 Å². The summed E-state index contributed by atoms with van der Waals surface area (Å²) in [6.07, 6.45) is 0.738. The Kier molecular flexibility index (Phi) is 6.98. The molecular weight excluding hydrogens is 322 g/mol. The van der Waals surface area contributed by atoms with Crippen molar-refractivity contribution in [3.63, 3.8) is 0 Å². The van der Waals surface area contributed by atoms with Crippen LogP contribution in [0.3, 0.4) is 0 Å². The minimum absolute atomic E-state index is 0.339. The first-order valence-electron chi connectivity index (χ1n) is 7.92. The summed E-state index contributed by atoms with van der Waals surface area (Å²) in [5, 5.41) is 11.9. The number of nitrogens with one attached hydrogen (secondary N) is 1. The molecule has 2 aromatic carbocycles. The lowest BCUT2D eigenvalue weighted by Crippen LogP contribution is -2.33. The summed E-state index contributed by atoms with van der Waals surface area (Å²) in [5.74, 6) is -1.04. The molecular formula is C19H21NO5. The Hall–Kier alpha value is -2.86.